The maximum absolute atomic E-state index is 11.0. The molecule has 0 saturated heterocycles. The molecule has 0 aliphatic rings. The summed E-state index contributed by atoms with van der Waals surface area (Å²) >= 11 is 0. The zero-order chi connectivity index (χ0) is 14.0. The van der Waals surface area contributed by atoms with Crippen LogP contribution in [-0.2, 0) is 0 Å². The number of aromatic nitrogens is 2. The van der Waals surface area contributed by atoms with Crippen molar-refractivity contribution in [3.05, 3.63) is 36.2 Å². The minimum Gasteiger partial charge on any atom is -0.489 e. The molecule has 19 heavy (non-hydrogen) atoms. The Morgan fingerprint density at radius 3 is 2.68 bits per heavy atom. The molecule has 100 valence electrons. The molecule has 0 unspecified atom stereocenters. The van der Waals surface area contributed by atoms with E-state index < -0.39 is 5.91 Å². The van der Waals surface area contributed by atoms with Crippen LogP contribution >= 0.6 is 0 Å². The highest BCUT2D eigenvalue weighted by molar-refractivity contribution is 5.90. The number of primary amides is 1. The number of benzene rings is 1. The monoisotopic (exact) mass is 260 g/mol. The van der Waals surface area contributed by atoms with Gasteiger partial charge < -0.3 is 16.2 Å². The number of nitrogens with zero attached hydrogens (tertiary/aromatic N) is 2. The lowest BCUT2D eigenvalue weighted by Gasteiger charge is -2.13. The zero-order valence-corrected chi connectivity index (χ0v) is 10.8. The summed E-state index contributed by atoms with van der Waals surface area (Å²) in [6.45, 7) is 3.84. The van der Waals surface area contributed by atoms with Crippen LogP contribution in [0, 0.1) is 0 Å². The molecule has 0 spiro atoms. The van der Waals surface area contributed by atoms with Crippen molar-refractivity contribution in [3.8, 4) is 11.4 Å². The molecule has 1 aromatic heterocycles. The molecule has 0 aliphatic carbocycles. The van der Waals surface area contributed by atoms with Crippen LogP contribution in [-0.4, -0.2) is 21.8 Å². The van der Waals surface area contributed by atoms with E-state index in [-0.39, 0.29) is 11.8 Å². The van der Waals surface area contributed by atoms with E-state index in [0.717, 1.165) is 5.69 Å². The molecule has 1 heterocycles. The molecular weight excluding hydrogens is 244 g/mol. The van der Waals surface area contributed by atoms with Gasteiger partial charge in [-0.05, 0) is 32.0 Å². The fourth-order valence-corrected chi connectivity index (χ4v) is 1.62. The predicted octanol–water partition coefficient (Wildman–Crippen LogP) is 1.34. The fraction of sp³-hybridized carbons (Fsp3) is 0.231. The molecule has 1 aromatic carbocycles. The van der Waals surface area contributed by atoms with Crippen molar-refractivity contribution >= 4 is 11.6 Å². The number of carbonyl (C=O) groups excluding carboxylic acids is 1. The Morgan fingerprint density at radius 1 is 1.37 bits per heavy atom. The summed E-state index contributed by atoms with van der Waals surface area (Å²) in [4.78, 5) is 11.0. The van der Waals surface area contributed by atoms with Crippen LogP contribution in [0.2, 0.25) is 0 Å². The molecular formula is C13H16N4O2. The van der Waals surface area contributed by atoms with Crippen molar-refractivity contribution in [2.24, 2.45) is 5.73 Å². The number of ether oxygens (including phenoxy) is 1. The summed E-state index contributed by atoms with van der Waals surface area (Å²) in [5.74, 6) is 0.0245. The zero-order valence-electron chi connectivity index (χ0n) is 10.8. The highest BCUT2D eigenvalue weighted by atomic mass is 16.5. The van der Waals surface area contributed by atoms with Gasteiger partial charge in [0.25, 0.3) is 5.91 Å². The third kappa shape index (κ3) is 2.85. The summed E-state index contributed by atoms with van der Waals surface area (Å²) < 4.78 is 7.15. The number of hydrogen-bond donors (Lipinski definition) is 2. The molecule has 6 heteroatoms. The number of amides is 1. The van der Waals surface area contributed by atoms with Crippen molar-refractivity contribution in [2.75, 3.05) is 5.73 Å². The minimum absolute atomic E-state index is 0.0244. The van der Waals surface area contributed by atoms with E-state index in [0.29, 0.717) is 11.4 Å². The second-order valence-electron chi connectivity index (χ2n) is 4.40. The van der Waals surface area contributed by atoms with Gasteiger partial charge in [0.2, 0.25) is 0 Å². The lowest BCUT2D eigenvalue weighted by atomic mass is 10.2. The van der Waals surface area contributed by atoms with Gasteiger partial charge >= 0.3 is 0 Å². The van der Waals surface area contributed by atoms with Crippen LogP contribution in [0.25, 0.3) is 5.69 Å². The first-order valence-electron chi connectivity index (χ1n) is 5.89. The second-order valence-corrected chi connectivity index (χ2v) is 4.40. The lowest BCUT2D eigenvalue weighted by molar-refractivity contribution is 0.0995. The highest BCUT2D eigenvalue weighted by Gasteiger charge is 2.09. The number of anilines is 1. The van der Waals surface area contributed by atoms with E-state index >= 15 is 0 Å². The third-order valence-electron chi connectivity index (χ3n) is 2.47. The Morgan fingerprint density at radius 2 is 2.11 bits per heavy atom. The van der Waals surface area contributed by atoms with Gasteiger partial charge in [0, 0.05) is 12.3 Å². The SMILES string of the molecule is CC(C)Oc1cc(-n2ccc(C(N)=O)n2)ccc1N. The van der Waals surface area contributed by atoms with Gasteiger partial charge in [-0.25, -0.2) is 4.68 Å². The number of nitrogens with two attached hydrogens (primary N) is 2. The fourth-order valence-electron chi connectivity index (χ4n) is 1.62. The van der Waals surface area contributed by atoms with Gasteiger partial charge in [-0.1, -0.05) is 0 Å². The standard InChI is InChI=1S/C13H16N4O2/c1-8(2)19-12-7-9(3-4-10(12)14)17-6-5-11(16-17)13(15)18/h3-8H,14H2,1-2H3,(H2,15,18). The highest BCUT2D eigenvalue weighted by Crippen LogP contribution is 2.25. The number of rotatable bonds is 4. The van der Waals surface area contributed by atoms with Crippen LogP contribution in [0.5, 0.6) is 5.75 Å². The summed E-state index contributed by atoms with van der Waals surface area (Å²) in [6, 6.07) is 6.85. The van der Waals surface area contributed by atoms with Gasteiger partial charge in [0.15, 0.2) is 0 Å². The number of nitrogen functional groups attached to an aromatic ring is 1. The molecule has 2 aromatic rings. The maximum Gasteiger partial charge on any atom is 0.269 e. The van der Waals surface area contributed by atoms with Crippen molar-refractivity contribution < 1.29 is 9.53 Å². The molecule has 1 amide bonds. The van der Waals surface area contributed by atoms with Gasteiger partial charge in [-0.15, -0.1) is 0 Å². The summed E-state index contributed by atoms with van der Waals surface area (Å²) in [7, 11) is 0. The van der Waals surface area contributed by atoms with E-state index in [1.165, 1.54) is 0 Å². The average Bonchev–Trinajstić information content (AvgIpc) is 2.81. The topological polar surface area (TPSA) is 96.2 Å². The smallest absolute Gasteiger partial charge is 0.269 e. The van der Waals surface area contributed by atoms with Crippen molar-refractivity contribution in [2.45, 2.75) is 20.0 Å². The van der Waals surface area contributed by atoms with E-state index in [1.54, 1.807) is 35.1 Å². The second kappa shape index (κ2) is 5.01. The first-order chi connectivity index (χ1) is 8.97. The molecule has 0 fully saturated rings. The first kappa shape index (κ1) is 12.9. The molecule has 4 N–H and O–H groups in total. The Balaban J connectivity index is 2.36. The molecule has 0 aliphatic heterocycles. The Hall–Kier alpha value is -2.50. The van der Waals surface area contributed by atoms with Crippen molar-refractivity contribution in [3.63, 3.8) is 0 Å². The molecule has 0 bridgehead atoms. The Kier molecular flexibility index (Phi) is 3.41. The summed E-state index contributed by atoms with van der Waals surface area (Å²) in [5.41, 5.74) is 12.5. The van der Waals surface area contributed by atoms with Crippen LogP contribution in [0.15, 0.2) is 30.5 Å². The number of hydrogen-bond acceptors (Lipinski definition) is 4. The van der Waals surface area contributed by atoms with Gasteiger partial charge in [-0.3, -0.25) is 4.79 Å². The van der Waals surface area contributed by atoms with Gasteiger partial charge in [0.1, 0.15) is 11.4 Å². The molecule has 0 saturated carbocycles. The van der Waals surface area contributed by atoms with Crippen LogP contribution in [0.1, 0.15) is 24.3 Å². The largest absolute Gasteiger partial charge is 0.489 e. The Bertz CT molecular complexity index is 604. The van der Waals surface area contributed by atoms with Crippen molar-refractivity contribution in [1.82, 2.24) is 9.78 Å². The quantitative estimate of drug-likeness (QED) is 0.811. The molecule has 0 atom stereocenters. The van der Waals surface area contributed by atoms with E-state index in [9.17, 15) is 4.79 Å². The van der Waals surface area contributed by atoms with Crippen LogP contribution in [0.3, 0.4) is 0 Å². The third-order valence-corrected chi connectivity index (χ3v) is 2.47. The normalized spacial score (nSPS) is 10.7. The van der Waals surface area contributed by atoms with Gasteiger partial charge in [0.05, 0.1) is 17.5 Å². The van der Waals surface area contributed by atoms with E-state index in [1.807, 2.05) is 13.8 Å². The maximum atomic E-state index is 11.0. The minimum atomic E-state index is -0.562. The molecule has 2 rings (SSSR count). The molecule has 0 radical (unpaired) electrons. The van der Waals surface area contributed by atoms with Crippen LogP contribution < -0.4 is 16.2 Å². The first-order valence-corrected chi connectivity index (χ1v) is 5.89. The Labute approximate surface area is 111 Å². The number of carbonyl (C=O) groups is 1. The van der Waals surface area contributed by atoms with Crippen molar-refractivity contribution in [1.29, 1.82) is 0 Å². The van der Waals surface area contributed by atoms with E-state index in [2.05, 4.69) is 5.10 Å². The van der Waals surface area contributed by atoms with Gasteiger partial charge in [-0.2, -0.15) is 5.10 Å². The summed E-state index contributed by atoms with van der Waals surface area (Å²) in [6.07, 6.45) is 1.68. The van der Waals surface area contributed by atoms with Crippen LogP contribution in [0.4, 0.5) is 5.69 Å². The molecule has 6 nitrogen and oxygen atoms in total. The van der Waals surface area contributed by atoms with E-state index in [4.69, 9.17) is 16.2 Å². The predicted molar refractivity (Wildman–Crippen MR) is 72.3 cm³/mol. The summed E-state index contributed by atoms with van der Waals surface area (Å²) in [5, 5.41) is 4.08. The average molecular weight is 260 g/mol. The lowest BCUT2D eigenvalue weighted by Crippen LogP contribution is -2.12.